The molecule has 4 saturated heterocycles. The van der Waals surface area contributed by atoms with Gasteiger partial charge in [0.2, 0.25) is 10.0 Å². The van der Waals surface area contributed by atoms with Crippen molar-refractivity contribution in [3.05, 3.63) is 42.1 Å². The normalized spacial score (nSPS) is 23.6. The van der Waals surface area contributed by atoms with Gasteiger partial charge in [0, 0.05) is 56.9 Å². The Morgan fingerprint density at radius 3 is 2.56 bits per heavy atom. The molecule has 1 aromatic heterocycles. The summed E-state index contributed by atoms with van der Waals surface area (Å²) in [5.41, 5.74) is 0.358. The van der Waals surface area contributed by atoms with Crippen LogP contribution in [0.25, 0.3) is 0 Å². The summed E-state index contributed by atoms with van der Waals surface area (Å²) in [4.78, 5) is 28.4. The molecule has 1 aromatic carbocycles. The second-order valence-corrected chi connectivity index (χ2v) is 16.0. The van der Waals surface area contributed by atoms with E-state index >= 15 is 0 Å². The van der Waals surface area contributed by atoms with Crippen LogP contribution in [0, 0.1) is 11.2 Å². The number of nitrogens with one attached hydrogen (secondary N) is 1. The average molecular weight is 689 g/mol. The van der Waals surface area contributed by atoms with Crippen LogP contribution in [0.15, 0.2) is 30.7 Å². The molecule has 14 heteroatoms. The van der Waals surface area contributed by atoms with Crippen molar-refractivity contribution in [2.75, 3.05) is 64.0 Å². The molecule has 0 saturated carbocycles. The number of halogens is 1. The third kappa shape index (κ3) is 7.93. The molecule has 2 aromatic rings. The van der Waals surface area contributed by atoms with Crippen molar-refractivity contribution in [2.45, 2.75) is 82.7 Å². The van der Waals surface area contributed by atoms with Gasteiger partial charge in [-0.2, -0.15) is 0 Å². The minimum absolute atomic E-state index is 0.0452. The van der Waals surface area contributed by atoms with Gasteiger partial charge in [0.05, 0.1) is 29.7 Å². The minimum Gasteiger partial charge on any atom is -0.451 e. The largest absolute Gasteiger partial charge is 0.451 e. The molecule has 1 spiro atoms. The third-order valence-corrected chi connectivity index (χ3v) is 12.3. The summed E-state index contributed by atoms with van der Waals surface area (Å²) in [6.45, 7) is 12.1. The van der Waals surface area contributed by atoms with E-state index in [1.54, 1.807) is 11.1 Å². The zero-order valence-corrected chi connectivity index (χ0v) is 29.1. The van der Waals surface area contributed by atoms with Gasteiger partial charge in [-0.3, -0.25) is 4.79 Å². The molecule has 264 valence electrons. The first kappa shape index (κ1) is 34.9. The van der Waals surface area contributed by atoms with Crippen LogP contribution >= 0.6 is 0 Å². The van der Waals surface area contributed by atoms with Crippen LogP contribution in [-0.2, 0) is 19.5 Å². The molecule has 4 aliphatic heterocycles. The molecule has 0 bridgehead atoms. The summed E-state index contributed by atoms with van der Waals surface area (Å²) in [5, 5.41) is -0.375. The van der Waals surface area contributed by atoms with E-state index in [4.69, 9.17) is 14.2 Å². The van der Waals surface area contributed by atoms with E-state index in [9.17, 15) is 17.6 Å². The Labute approximate surface area is 283 Å². The van der Waals surface area contributed by atoms with Gasteiger partial charge in [-0.1, -0.05) is 0 Å². The smallest absolute Gasteiger partial charge is 0.257 e. The number of amides is 1. The number of anilines is 1. The van der Waals surface area contributed by atoms with Crippen LogP contribution < -0.4 is 14.4 Å². The molecule has 12 nitrogen and oxygen atoms in total. The maximum atomic E-state index is 14.3. The Hall–Kier alpha value is -2.91. The molecule has 1 N–H and O–H groups in total. The van der Waals surface area contributed by atoms with E-state index in [0.29, 0.717) is 50.8 Å². The Bertz CT molecular complexity index is 1520. The Morgan fingerprint density at radius 1 is 1.15 bits per heavy atom. The van der Waals surface area contributed by atoms with Gasteiger partial charge in [-0.05, 0) is 90.6 Å². The van der Waals surface area contributed by atoms with Crippen LogP contribution in [0.2, 0.25) is 0 Å². The Balaban J connectivity index is 0.992. The first-order valence-electron chi connectivity index (χ1n) is 17.3. The standard InChI is InChI=1S/C34H49FN6O6S/c1-4-41(24(2)3)33(42)29-17-25(35)5-8-30(29)47-31-18-36-23-37-32(31)40-21-34(22-40)11-13-39(14-12-34)19-27-7-6-26(20-46-27)38-48(43,44)28-9-15-45-16-10-28/h5,8,17-18,23-24,26-28,38H,4,6-7,9-16,19-22H2,1-3H3/t26-,27+/m1/s1. The predicted molar refractivity (Wildman–Crippen MR) is 179 cm³/mol. The highest BCUT2D eigenvalue weighted by molar-refractivity contribution is 7.90. The second kappa shape index (κ2) is 14.9. The summed E-state index contributed by atoms with van der Waals surface area (Å²) in [5.74, 6) is 0.575. The van der Waals surface area contributed by atoms with Crippen molar-refractivity contribution >= 4 is 21.7 Å². The zero-order chi connectivity index (χ0) is 33.9. The number of hydrogen-bond acceptors (Lipinski definition) is 10. The van der Waals surface area contributed by atoms with Gasteiger partial charge in [0.1, 0.15) is 17.9 Å². The number of carbonyl (C=O) groups is 1. The summed E-state index contributed by atoms with van der Waals surface area (Å²) in [6.07, 6.45) is 8.02. The number of nitrogens with zero attached hydrogens (tertiary/aromatic N) is 5. The third-order valence-electron chi connectivity index (χ3n) is 10.3. The predicted octanol–water partition coefficient (Wildman–Crippen LogP) is 3.83. The molecular formula is C34H49FN6O6S. The summed E-state index contributed by atoms with van der Waals surface area (Å²) in [7, 11) is -3.36. The molecule has 0 radical (unpaired) electrons. The Morgan fingerprint density at radius 2 is 1.90 bits per heavy atom. The number of carbonyl (C=O) groups excluding carboxylic acids is 1. The average Bonchev–Trinajstić information content (AvgIpc) is 3.06. The first-order chi connectivity index (χ1) is 23.1. The molecular weight excluding hydrogens is 639 g/mol. The van der Waals surface area contributed by atoms with Crippen LogP contribution in [0.1, 0.15) is 69.7 Å². The molecule has 4 fully saturated rings. The SMILES string of the molecule is CCN(C(=O)c1cc(F)ccc1Oc1cncnc1N1CC2(CCN(C[C@@H]3CC[C@@H](NS(=O)(=O)C4CCOCC4)CO3)CC2)C1)C(C)C. The summed E-state index contributed by atoms with van der Waals surface area (Å²) >= 11 is 0. The fraction of sp³-hybridized carbons (Fsp3) is 0.676. The van der Waals surface area contributed by atoms with Crippen LogP contribution in [0.4, 0.5) is 10.2 Å². The number of aromatic nitrogens is 2. The van der Waals surface area contributed by atoms with E-state index < -0.39 is 15.8 Å². The van der Waals surface area contributed by atoms with E-state index in [1.165, 1.54) is 24.5 Å². The highest BCUT2D eigenvalue weighted by Gasteiger charge is 2.46. The van der Waals surface area contributed by atoms with Gasteiger partial charge in [0.25, 0.3) is 5.91 Å². The summed E-state index contributed by atoms with van der Waals surface area (Å²) in [6, 6.07) is 3.79. The Kier molecular flexibility index (Phi) is 10.9. The van der Waals surface area contributed by atoms with Crippen LogP contribution in [0.5, 0.6) is 11.5 Å². The van der Waals surface area contributed by atoms with E-state index in [2.05, 4.69) is 24.5 Å². The molecule has 5 heterocycles. The highest BCUT2D eigenvalue weighted by atomic mass is 32.2. The van der Waals surface area contributed by atoms with Gasteiger partial charge >= 0.3 is 0 Å². The highest BCUT2D eigenvalue weighted by Crippen LogP contribution is 2.45. The minimum atomic E-state index is -3.36. The summed E-state index contributed by atoms with van der Waals surface area (Å²) < 4.78 is 60.5. The van der Waals surface area contributed by atoms with Crippen LogP contribution in [0.3, 0.4) is 0 Å². The maximum Gasteiger partial charge on any atom is 0.257 e. The lowest BCUT2D eigenvalue weighted by Gasteiger charge is -2.54. The van der Waals surface area contributed by atoms with Crippen molar-refractivity contribution < 1.29 is 31.8 Å². The molecule has 0 unspecified atom stereocenters. The fourth-order valence-electron chi connectivity index (χ4n) is 7.48. The zero-order valence-electron chi connectivity index (χ0n) is 28.3. The quantitative estimate of drug-likeness (QED) is 0.373. The van der Waals surface area contributed by atoms with Crippen molar-refractivity contribution in [1.82, 2.24) is 24.5 Å². The molecule has 48 heavy (non-hydrogen) atoms. The lowest BCUT2D eigenvalue weighted by atomic mass is 9.72. The van der Waals surface area contributed by atoms with Crippen molar-refractivity contribution in [3.63, 3.8) is 0 Å². The number of benzene rings is 1. The van der Waals surface area contributed by atoms with Crippen LogP contribution in [-0.4, -0.2) is 117 Å². The molecule has 4 aliphatic rings. The topological polar surface area (TPSA) is 126 Å². The van der Waals surface area contributed by atoms with Crippen molar-refractivity contribution in [2.24, 2.45) is 5.41 Å². The maximum absolute atomic E-state index is 14.3. The number of rotatable bonds is 11. The molecule has 2 atom stereocenters. The van der Waals surface area contributed by atoms with Gasteiger partial charge in [-0.25, -0.2) is 27.5 Å². The number of likely N-dealkylation sites (tertiary alicyclic amines) is 1. The van der Waals surface area contributed by atoms with Crippen molar-refractivity contribution in [3.8, 4) is 11.5 Å². The second-order valence-electron chi connectivity index (χ2n) is 14.0. The van der Waals surface area contributed by atoms with Gasteiger partial charge < -0.3 is 28.9 Å². The molecule has 6 rings (SSSR count). The van der Waals surface area contributed by atoms with Gasteiger partial charge in [-0.15, -0.1) is 0 Å². The monoisotopic (exact) mass is 688 g/mol. The number of hydrogen-bond donors (Lipinski definition) is 1. The van der Waals surface area contributed by atoms with E-state index in [-0.39, 0.29) is 46.1 Å². The van der Waals surface area contributed by atoms with Gasteiger partial charge in [0.15, 0.2) is 11.6 Å². The fourth-order valence-corrected chi connectivity index (χ4v) is 9.14. The lowest BCUT2D eigenvalue weighted by molar-refractivity contribution is -0.0300. The first-order valence-corrected chi connectivity index (χ1v) is 18.9. The van der Waals surface area contributed by atoms with Crippen molar-refractivity contribution in [1.29, 1.82) is 0 Å². The number of ether oxygens (including phenoxy) is 3. The lowest BCUT2D eigenvalue weighted by Crippen LogP contribution is -2.61. The van der Waals surface area contributed by atoms with E-state index in [1.807, 2.05) is 20.8 Å². The molecule has 1 amide bonds. The number of piperidine rings is 1. The van der Waals surface area contributed by atoms with E-state index in [0.717, 1.165) is 58.4 Å². The number of sulfonamides is 1. The molecule has 0 aliphatic carbocycles.